The Kier molecular flexibility index (Phi) is 10.3. The molecule has 4 nitrogen and oxygen atoms in total. The zero-order chi connectivity index (χ0) is 15.8. The van der Waals surface area contributed by atoms with Gasteiger partial charge in [-0.1, -0.05) is 13.8 Å². The van der Waals surface area contributed by atoms with Gasteiger partial charge >= 0.3 is 0 Å². The van der Waals surface area contributed by atoms with Crippen molar-refractivity contribution in [2.24, 2.45) is 11.7 Å². The first-order chi connectivity index (χ1) is 9.93. The van der Waals surface area contributed by atoms with E-state index in [1.54, 1.807) is 12.0 Å². The summed E-state index contributed by atoms with van der Waals surface area (Å²) in [5.74, 6) is 1.85. The van der Waals surface area contributed by atoms with Crippen molar-refractivity contribution in [2.75, 3.05) is 26.5 Å². The molecule has 1 amide bonds. The van der Waals surface area contributed by atoms with Crippen LogP contribution in [-0.2, 0) is 4.79 Å². The van der Waals surface area contributed by atoms with E-state index in [4.69, 9.17) is 10.5 Å². The van der Waals surface area contributed by atoms with Crippen LogP contribution < -0.4 is 10.5 Å². The third kappa shape index (κ3) is 7.38. The fourth-order valence-electron chi connectivity index (χ4n) is 1.73. The van der Waals surface area contributed by atoms with Gasteiger partial charge in [-0.25, -0.2) is 0 Å². The van der Waals surface area contributed by atoms with Crippen LogP contribution in [0.4, 0.5) is 0 Å². The maximum absolute atomic E-state index is 12.1. The molecule has 2 N–H and O–H groups in total. The number of methoxy groups -OCH3 is 1. The zero-order valence-electron chi connectivity index (χ0n) is 13.7. The van der Waals surface area contributed by atoms with Gasteiger partial charge in [-0.2, -0.15) is 0 Å². The number of halogens is 1. The van der Waals surface area contributed by atoms with Gasteiger partial charge in [-0.3, -0.25) is 4.79 Å². The molecule has 126 valence electrons. The first-order valence-electron chi connectivity index (χ1n) is 7.20. The summed E-state index contributed by atoms with van der Waals surface area (Å²) in [5, 5.41) is 0. The molecule has 0 bridgehead atoms. The highest BCUT2D eigenvalue weighted by molar-refractivity contribution is 8.00. The van der Waals surface area contributed by atoms with Gasteiger partial charge in [-0.05, 0) is 36.6 Å². The summed E-state index contributed by atoms with van der Waals surface area (Å²) in [6, 6.07) is 7.88. The predicted octanol–water partition coefficient (Wildman–Crippen LogP) is 3.04. The van der Waals surface area contributed by atoms with Gasteiger partial charge in [0.05, 0.1) is 12.9 Å². The van der Waals surface area contributed by atoms with Crippen LogP contribution in [-0.4, -0.2) is 43.3 Å². The Bertz CT molecular complexity index is 440. The van der Waals surface area contributed by atoms with Crippen molar-refractivity contribution in [1.82, 2.24) is 4.90 Å². The Labute approximate surface area is 144 Å². The van der Waals surface area contributed by atoms with E-state index in [-0.39, 0.29) is 24.4 Å². The normalized spacial score (nSPS) is 11.7. The third-order valence-corrected chi connectivity index (χ3v) is 4.50. The minimum absolute atomic E-state index is 0. The molecular formula is C16H27ClN2O2S. The van der Waals surface area contributed by atoms with E-state index in [9.17, 15) is 4.79 Å². The largest absolute Gasteiger partial charge is 0.497 e. The summed E-state index contributed by atoms with van der Waals surface area (Å²) in [6.45, 7) is 4.92. The number of amides is 1. The Hall–Kier alpha value is -0.910. The molecule has 1 aromatic rings. The van der Waals surface area contributed by atoms with E-state index in [0.29, 0.717) is 18.2 Å². The average Bonchev–Trinajstić information content (AvgIpc) is 2.50. The van der Waals surface area contributed by atoms with Crippen LogP contribution in [0.15, 0.2) is 29.2 Å². The van der Waals surface area contributed by atoms with E-state index in [1.165, 1.54) is 11.8 Å². The second-order valence-electron chi connectivity index (χ2n) is 5.48. The fraction of sp³-hybridized carbons (Fsp3) is 0.562. The summed E-state index contributed by atoms with van der Waals surface area (Å²) < 4.78 is 5.11. The summed E-state index contributed by atoms with van der Waals surface area (Å²) in [5.41, 5.74) is 6.00. The molecule has 0 spiro atoms. The summed E-state index contributed by atoms with van der Waals surface area (Å²) in [7, 11) is 3.48. The van der Waals surface area contributed by atoms with Crippen molar-refractivity contribution >= 4 is 30.1 Å². The highest BCUT2D eigenvalue weighted by atomic mass is 35.5. The number of nitrogens with zero attached hydrogens (tertiary/aromatic N) is 1. The minimum Gasteiger partial charge on any atom is -0.497 e. The van der Waals surface area contributed by atoms with Crippen LogP contribution in [0.2, 0.25) is 0 Å². The van der Waals surface area contributed by atoms with Crippen molar-refractivity contribution in [3.05, 3.63) is 24.3 Å². The van der Waals surface area contributed by atoms with Gasteiger partial charge in [0.1, 0.15) is 5.75 Å². The molecule has 6 heteroatoms. The number of benzene rings is 1. The van der Waals surface area contributed by atoms with Gasteiger partial charge in [-0.15, -0.1) is 24.2 Å². The summed E-state index contributed by atoms with van der Waals surface area (Å²) >= 11 is 1.54. The molecule has 1 rings (SSSR count). The smallest absolute Gasteiger partial charge is 0.232 e. The summed E-state index contributed by atoms with van der Waals surface area (Å²) in [6.07, 6.45) is 0.840. The monoisotopic (exact) mass is 346 g/mol. The third-order valence-electron chi connectivity index (χ3n) is 3.50. The van der Waals surface area contributed by atoms with Gasteiger partial charge in [0.25, 0.3) is 0 Å². The molecule has 0 heterocycles. The molecular weight excluding hydrogens is 320 g/mol. The van der Waals surface area contributed by atoms with Crippen molar-refractivity contribution in [1.29, 1.82) is 0 Å². The molecule has 1 atom stereocenters. The zero-order valence-corrected chi connectivity index (χ0v) is 15.4. The predicted molar refractivity (Wildman–Crippen MR) is 96.0 cm³/mol. The second kappa shape index (κ2) is 10.8. The molecule has 0 aliphatic heterocycles. The van der Waals surface area contributed by atoms with Crippen molar-refractivity contribution in [3.8, 4) is 5.75 Å². The van der Waals surface area contributed by atoms with E-state index < -0.39 is 0 Å². The molecule has 0 radical (unpaired) electrons. The van der Waals surface area contributed by atoms with Crippen molar-refractivity contribution in [2.45, 2.75) is 31.2 Å². The van der Waals surface area contributed by atoms with Gasteiger partial charge < -0.3 is 15.4 Å². The number of carbonyl (C=O) groups is 1. The first-order valence-corrected chi connectivity index (χ1v) is 8.19. The first kappa shape index (κ1) is 21.1. The molecule has 0 fully saturated rings. The Balaban J connectivity index is 0.00000441. The van der Waals surface area contributed by atoms with Crippen LogP contribution in [0.3, 0.4) is 0 Å². The highest BCUT2D eigenvalue weighted by Gasteiger charge is 2.13. The molecule has 0 aromatic heterocycles. The number of ether oxygens (including phenoxy) is 1. The topological polar surface area (TPSA) is 55.6 Å². The summed E-state index contributed by atoms with van der Waals surface area (Å²) in [4.78, 5) is 14.9. The number of carbonyl (C=O) groups excluding carboxylic acids is 1. The quantitative estimate of drug-likeness (QED) is 0.735. The maximum Gasteiger partial charge on any atom is 0.232 e. The molecule has 1 unspecified atom stereocenters. The van der Waals surface area contributed by atoms with Gasteiger partial charge in [0, 0.05) is 24.5 Å². The van der Waals surface area contributed by atoms with Crippen LogP contribution in [0.5, 0.6) is 5.75 Å². The lowest BCUT2D eigenvalue weighted by molar-refractivity contribution is -0.127. The van der Waals surface area contributed by atoms with Crippen LogP contribution in [0.1, 0.15) is 20.3 Å². The van der Waals surface area contributed by atoms with E-state index in [2.05, 4.69) is 13.8 Å². The Morgan fingerprint density at radius 2 is 1.91 bits per heavy atom. The second-order valence-corrected chi connectivity index (χ2v) is 6.52. The molecule has 0 saturated carbocycles. The standard InChI is InChI=1S/C16H26N2O2S.ClH/c1-12(2)15(17)9-10-18(3)16(19)11-21-14-7-5-13(20-4)6-8-14;/h5-8,12,15H,9-11,17H2,1-4H3;1H. The number of hydrogen-bond donors (Lipinski definition) is 1. The minimum atomic E-state index is 0. The number of thioether (sulfide) groups is 1. The van der Waals surface area contributed by atoms with E-state index >= 15 is 0 Å². The lowest BCUT2D eigenvalue weighted by Gasteiger charge is -2.21. The van der Waals surface area contributed by atoms with Gasteiger partial charge in [0.15, 0.2) is 0 Å². The van der Waals surface area contributed by atoms with Crippen molar-refractivity contribution in [3.63, 3.8) is 0 Å². The Morgan fingerprint density at radius 3 is 2.41 bits per heavy atom. The molecule has 1 aromatic carbocycles. The number of nitrogens with two attached hydrogens (primary N) is 1. The number of rotatable bonds is 8. The molecule has 0 saturated heterocycles. The Morgan fingerprint density at radius 1 is 1.32 bits per heavy atom. The van der Waals surface area contributed by atoms with Crippen LogP contribution in [0.25, 0.3) is 0 Å². The van der Waals surface area contributed by atoms with E-state index in [1.807, 2.05) is 31.3 Å². The van der Waals surface area contributed by atoms with E-state index in [0.717, 1.165) is 17.1 Å². The average molecular weight is 347 g/mol. The number of hydrogen-bond acceptors (Lipinski definition) is 4. The SMILES string of the molecule is COc1ccc(SCC(=O)N(C)CCC(N)C(C)C)cc1.Cl. The molecule has 0 aliphatic carbocycles. The van der Waals surface area contributed by atoms with Gasteiger partial charge in [0.2, 0.25) is 5.91 Å². The van der Waals surface area contributed by atoms with Crippen molar-refractivity contribution < 1.29 is 9.53 Å². The fourth-order valence-corrected chi connectivity index (χ4v) is 2.57. The molecule has 0 aliphatic rings. The highest BCUT2D eigenvalue weighted by Crippen LogP contribution is 2.21. The lowest BCUT2D eigenvalue weighted by atomic mass is 10.0. The van der Waals surface area contributed by atoms with Crippen LogP contribution >= 0.6 is 24.2 Å². The van der Waals surface area contributed by atoms with Crippen LogP contribution in [0, 0.1) is 5.92 Å². The molecule has 22 heavy (non-hydrogen) atoms. The lowest BCUT2D eigenvalue weighted by Crippen LogP contribution is -2.35. The maximum atomic E-state index is 12.1.